The van der Waals surface area contributed by atoms with Gasteiger partial charge in [-0.2, -0.15) is 9.50 Å². The molecule has 0 unspecified atom stereocenters. The number of fused-ring (bicyclic) bond motifs is 1. The lowest BCUT2D eigenvalue weighted by molar-refractivity contribution is 0.363. The van der Waals surface area contributed by atoms with E-state index in [1.54, 1.807) is 38.5 Å². The lowest BCUT2D eigenvalue weighted by atomic mass is 10.2. The highest BCUT2D eigenvalue weighted by Gasteiger charge is 2.13. The summed E-state index contributed by atoms with van der Waals surface area (Å²) in [6.45, 7) is 4.07. The molecule has 2 aromatic carbocycles. The van der Waals surface area contributed by atoms with E-state index in [9.17, 15) is 4.79 Å². The Morgan fingerprint density at radius 3 is 2.53 bits per heavy atom. The summed E-state index contributed by atoms with van der Waals surface area (Å²) in [7, 11) is 3.17. The van der Waals surface area contributed by atoms with E-state index < -0.39 is 0 Å². The normalized spacial score (nSPS) is 11.6. The van der Waals surface area contributed by atoms with Gasteiger partial charge in [-0.3, -0.25) is 4.79 Å². The van der Waals surface area contributed by atoms with E-state index in [0.29, 0.717) is 33.4 Å². The molecule has 0 amide bonds. The van der Waals surface area contributed by atoms with Crippen molar-refractivity contribution in [2.75, 3.05) is 20.8 Å². The molecule has 4 aromatic rings. The first-order valence-corrected chi connectivity index (χ1v) is 9.92. The number of hydrogen-bond donors (Lipinski definition) is 0. The first-order valence-electron chi connectivity index (χ1n) is 9.10. The molecule has 0 N–H and O–H groups in total. The van der Waals surface area contributed by atoms with Crippen molar-refractivity contribution in [3.05, 3.63) is 75.6 Å². The van der Waals surface area contributed by atoms with Gasteiger partial charge in [0.2, 0.25) is 4.96 Å². The third-order valence-electron chi connectivity index (χ3n) is 4.39. The Bertz CT molecular complexity index is 1310. The number of benzene rings is 2. The van der Waals surface area contributed by atoms with Crippen molar-refractivity contribution in [3.63, 3.8) is 0 Å². The molecule has 0 aliphatic heterocycles. The zero-order valence-corrected chi connectivity index (χ0v) is 17.3. The van der Waals surface area contributed by atoms with E-state index in [1.807, 2.05) is 30.3 Å². The SMILES string of the molecule is C=CCOc1ccc(-c2nc3sc(=Cc4cc(OC)ccc4OC)c(=O)n3n2)cc1. The number of hydrogen-bond acceptors (Lipinski definition) is 7. The van der Waals surface area contributed by atoms with Crippen LogP contribution in [-0.2, 0) is 0 Å². The molecular formula is C22H19N3O4S. The predicted octanol–water partition coefficient (Wildman–Crippen LogP) is 2.95. The number of nitrogens with zero attached hydrogens (tertiary/aromatic N) is 3. The topological polar surface area (TPSA) is 75.0 Å². The third kappa shape index (κ3) is 3.77. The van der Waals surface area contributed by atoms with Gasteiger partial charge >= 0.3 is 0 Å². The van der Waals surface area contributed by atoms with Crippen LogP contribution >= 0.6 is 11.3 Å². The largest absolute Gasteiger partial charge is 0.497 e. The maximum absolute atomic E-state index is 12.8. The Kier molecular flexibility index (Phi) is 5.49. The highest BCUT2D eigenvalue weighted by atomic mass is 32.1. The Labute approximate surface area is 176 Å². The van der Waals surface area contributed by atoms with Gasteiger partial charge in [-0.05, 0) is 48.5 Å². The van der Waals surface area contributed by atoms with Crippen molar-refractivity contribution >= 4 is 22.4 Å². The highest BCUT2D eigenvalue weighted by Crippen LogP contribution is 2.25. The lowest BCUT2D eigenvalue weighted by Gasteiger charge is -2.06. The summed E-state index contributed by atoms with van der Waals surface area (Å²) >= 11 is 1.27. The molecule has 0 aliphatic carbocycles. The van der Waals surface area contributed by atoms with Crippen LogP contribution in [0.5, 0.6) is 17.2 Å². The molecule has 0 spiro atoms. The van der Waals surface area contributed by atoms with E-state index in [-0.39, 0.29) is 5.56 Å². The molecule has 2 heterocycles. The molecule has 0 aliphatic rings. The number of aromatic nitrogens is 3. The summed E-state index contributed by atoms with van der Waals surface area (Å²) in [5, 5.41) is 4.38. The number of ether oxygens (including phenoxy) is 3. The van der Waals surface area contributed by atoms with E-state index in [1.165, 1.54) is 15.9 Å². The van der Waals surface area contributed by atoms with Gasteiger partial charge in [-0.25, -0.2) is 0 Å². The fraction of sp³-hybridized carbons (Fsp3) is 0.136. The molecule has 0 fully saturated rings. The Morgan fingerprint density at radius 1 is 1.10 bits per heavy atom. The second kappa shape index (κ2) is 8.38. The van der Waals surface area contributed by atoms with E-state index in [2.05, 4.69) is 16.7 Å². The van der Waals surface area contributed by atoms with Crippen molar-refractivity contribution in [1.82, 2.24) is 14.6 Å². The minimum absolute atomic E-state index is 0.232. The standard InChI is InChI=1S/C22H19N3O4S/c1-4-11-29-16-7-5-14(6-8-16)20-23-22-25(24-20)21(26)19(30-22)13-15-12-17(27-2)9-10-18(15)28-3/h4-10,12-13H,1,11H2,2-3H3. The summed E-state index contributed by atoms with van der Waals surface area (Å²) in [5.41, 5.74) is 1.31. The Morgan fingerprint density at radius 2 is 1.87 bits per heavy atom. The van der Waals surface area contributed by atoms with Gasteiger partial charge in [-0.15, -0.1) is 5.10 Å². The zero-order valence-electron chi connectivity index (χ0n) is 16.5. The maximum Gasteiger partial charge on any atom is 0.291 e. The second-order valence-electron chi connectivity index (χ2n) is 6.28. The molecule has 0 atom stereocenters. The fourth-order valence-corrected chi connectivity index (χ4v) is 3.80. The molecule has 152 valence electrons. The molecule has 30 heavy (non-hydrogen) atoms. The minimum Gasteiger partial charge on any atom is -0.497 e. The molecule has 0 radical (unpaired) electrons. The van der Waals surface area contributed by atoms with Gasteiger partial charge in [-0.1, -0.05) is 24.0 Å². The highest BCUT2D eigenvalue weighted by molar-refractivity contribution is 7.15. The molecule has 7 nitrogen and oxygen atoms in total. The molecule has 0 saturated heterocycles. The number of methoxy groups -OCH3 is 2. The first-order chi connectivity index (χ1) is 14.6. The quantitative estimate of drug-likeness (QED) is 0.427. The van der Waals surface area contributed by atoms with Crippen LogP contribution in [0.15, 0.2) is 59.9 Å². The zero-order chi connectivity index (χ0) is 21.1. The Hall–Kier alpha value is -3.65. The van der Waals surface area contributed by atoms with Crippen LogP contribution in [0.3, 0.4) is 0 Å². The maximum atomic E-state index is 12.8. The van der Waals surface area contributed by atoms with Gasteiger partial charge in [0.15, 0.2) is 5.82 Å². The van der Waals surface area contributed by atoms with Gasteiger partial charge in [0.25, 0.3) is 5.56 Å². The molecule has 0 saturated carbocycles. The van der Waals surface area contributed by atoms with E-state index in [0.717, 1.165) is 16.9 Å². The second-order valence-corrected chi connectivity index (χ2v) is 7.29. The monoisotopic (exact) mass is 421 g/mol. The number of thiazole rings is 1. The van der Waals surface area contributed by atoms with Crippen molar-refractivity contribution in [3.8, 4) is 28.6 Å². The summed E-state index contributed by atoms with van der Waals surface area (Å²) in [6.07, 6.45) is 3.45. The molecule has 8 heteroatoms. The van der Waals surface area contributed by atoms with Crippen molar-refractivity contribution in [2.24, 2.45) is 0 Å². The average molecular weight is 421 g/mol. The third-order valence-corrected chi connectivity index (χ3v) is 5.34. The van der Waals surface area contributed by atoms with Crippen LogP contribution in [-0.4, -0.2) is 35.4 Å². The lowest BCUT2D eigenvalue weighted by Crippen LogP contribution is -2.23. The Balaban J connectivity index is 1.70. The van der Waals surface area contributed by atoms with Gasteiger partial charge < -0.3 is 14.2 Å². The van der Waals surface area contributed by atoms with E-state index in [4.69, 9.17) is 14.2 Å². The van der Waals surface area contributed by atoms with E-state index >= 15 is 0 Å². The van der Waals surface area contributed by atoms with Gasteiger partial charge in [0.1, 0.15) is 23.9 Å². The van der Waals surface area contributed by atoms with Crippen molar-refractivity contribution < 1.29 is 14.2 Å². The van der Waals surface area contributed by atoms with Crippen LogP contribution in [0, 0.1) is 0 Å². The smallest absolute Gasteiger partial charge is 0.291 e. The number of rotatable bonds is 7. The molecule has 2 aromatic heterocycles. The van der Waals surface area contributed by atoms with Crippen LogP contribution in [0.1, 0.15) is 5.56 Å². The summed E-state index contributed by atoms with van der Waals surface area (Å²) in [4.78, 5) is 17.9. The van der Waals surface area contributed by atoms with Crippen LogP contribution in [0.4, 0.5) is 0 Å². The van der Waals surface area contributed by atoms with Crippen LogP contribution in [0.25, 0.3) is 22.4 Å². The van der Waals surface area contributed by atoms with Crippen molar-refractivity contribution in [1.29, 1.82) is 0 Å². The fourth-order valence-electron chi connectivity index (χ4n) is 2.90. The van der Waals surface area contributed by atoms with Crippen LogP contribution < -0.4 is 24.3 Å². The first kappa shape index (κ1) is 19.7. The minimum atomic E-state index is -0.232. The average Bonchev–Trinajstić information content (AvgIpc) is 3.32. The predicted molar refractivity (Wildman–Crippen MR) is 117 cm³/mol. The van der Waals surface area contributed by atoms with Gasteiger partial charge in [0, 0.05) is 11.1 Å². The van der Waals surface area contributed by atoms with Crippen LogP contribution in [0.2, 0.25) is 0 Å². The summed E-state index contributed by atoms with van der Waals surface area (Å²) in [5.74, 6) is 2.54. The molecule has 4 rings (SSSR count). The summed E-state index contributed by atoms with van der Waals surface area (Å²) < 4.78 is 18.0. The van der Waals surface area contributed by atoms with Crippen molar-refractivity contribution in [2.45, 2.75) is 0 Å². The van der Waals surface area contributed by atoms with Gasteiger partial charge in [0.05, 0.1) is 18.8 Å². The molecule has 0 bridgehead atoms. The molecular weight excluding hydrogens is 402 g/mol. The summed E-state index contributed by atoms with van der Waals surface area (Å²) in [6, 6.07) is 12.8.